The fourth-order valence-corrected chi connectivity index (χ4v) is 1.51. The second-order valence-electron chi connectivity index (χ2n) is 5.00. The maximum absolute atomic E-state index is 12.1. The van der Waals surface area contributed by atoms with Gasteiger partial charge in [-0.1, -0.05) is 41.6 Å². The van der Waals surface area contributed by atoms with Gasteiger partial charge < -0.3 is 9.84 Å². The third kappa shape index (κ3) is 3.60. The van der Waals surface area contributed by atoms with Crippen LogP contribution in [0.4, 0.5) is 0 Å². The summed E-state index contributed by atoms with van der Waals surface area (Å²) in [6.45, 7) is 7.52. The van der Waals surface area contributed by atoms with E-state index in [0.29, 0.717) is 0 Å². The molecule has 1 atom stereocenters. The van der Waals surface area contributed by atoms with Crippen LogP contribution in [0.3, 0.4) is 0 Å². The van der Waals surface area contributed by atoms with Crippen molar-refractivity contribution in [1.29, 1.82) is 0 Å². The van der Waals surface area contributed by atoms with Gasteiger partial charge in [-0.15, -0.1) is 0 Å². The molecule has 100 valence electrons. The molecule has 0 aliphatic rings. The maximum atomic E-state index is 12.1. The number of hydrogen-bond acceptors (Lipinski definition) is 3. The first-order valence-electron chi connectivity index (χ1n) is 5.91. The lowest BCUT2D eigenvalue weighted by molar-refractivity contribution is -0.159. The minimum absolute atomic E-state index is 0.202. The van der Waals surface area contributed by atoms with Gasteiger partial charge in [0.05, 0.1) is 0 Å². The van der Waals surface area contributed by atoms with E-state index in [1.165, 1.54) is 0 Å². The highest BCUT2D eigenvalue weighted by atomic mass is 127. The Balaban J connectivity index is 2.88. The molecule has 1 aromatic carbocycles. The lowest BCUT2D eigenvalue weighted by Crippen LogP contribution is -2.36. The van der Waals surface area contributed by atoms with E-state index >= 15 is 0 Å². The first-order chi connectivity index (χ1) is 8.19. The highest BCUT2D eigenvalue weighted by molar-refractivity contribution is 14.1. The van der Waals surface area contributed by atoms with Gasteiger partial charge >= 0.3 is 5.97 Å². The van der Waals surface area contributed by atoms with E-state index < -0.39 is 9.02 Å². The van der Waals surface area contributed by atoms with Gasteiger partial charge in [0.2, 0.25) is 0 Å². The zero-order valence-corrected chi connectivity index (χ0v) is 13.3. The Labute approximate surface area is 122 Å². The third-order valence-electron chi connectivity index (χ3n) is 3.00. The van der Waals surface area contributed by atoms with Crippen molar-refractivity contribution >= 4 is 28.6 Å². The van der Waals surface area contributed by atoms with Crippen LogP contribution in [-0.4, -0.2) is 14.5 Å². The lowest BCUT2D eigenvalue weighted by Gasteiger charge is -2.30. The molecule has 0 heterocycles. The molecule has 0 bridgehead atoms. The van der Waals surface area contributed by atoms with Crippen LogP contribution in [0.25, 0.3) is 0 Å². The van der Waals surface area contributed by atoms with E-state index in [1.807, 2.05) is 27.7 Å². The first kappa shape index (κ1) is 15.3. The molecule has 0 fully saturated rings. The number of hydrogen-bond donors (Lipinski definition) is 1. The third-order valence-corrected chi connectivity index (χ3v) is 4.20. The van der Waals surface area contributed by atoms with Crippen LogP contribution in [-0.2, 0) is 15.1 Å². The van der Waals surface area contributed by atoms with Crippen LogP contribution in [0.15, 0.2) is 24.3 Å². The smallest absolute Gasteiger partial charge is 0.322 e. The van der Waals surface area contributed by atoms with Crippen LogP contribution in [0.1, 0.15) is 39.7 Å². The van der Waals surface area contributed by atoms with Gasteiger partial charge in [0.15, 0.2) is 0 Å². The molecule has 18 heavy (non-hydrogen) atoms. The minimum Gasteiger partial charge on any atom is -0.508 e. The summed E-state index contributed by atoms with van der Waals surface area (Å²) in [7, 11) is 0. The Morgan fingerprint density at radius 1 is 1.28 bits per heavy atom. The largest absolute Gasteiger partial charge is 0.508 e. The van der Waals surface area contributed by atoms with E-state index in [1.54, 1.807) is 24.3 Å². The molecule has 0 spiro atoms. The number of aromatic hydroxyl groups is 1. The van der Waals surface area contributed by atoms with Gasteiger partial charge in [-0.05, 0) is 44.9 Å². The zero-order valence-electron chi connectivity index (χ0n) is 11.2. The van der Waals surface area contributed by atoms with Gasteiger partial charge in [0.1, 0.15) is 14.8 Å². The van der Waals surface area contributed by atoms with Crippen molar-refractivity contribution in [3.8, 4) is 5.75 Å². The molecule has 1 rings (SSSR count). The summed E-state index contributed by atoms with van der Waals surface area (Å²) in [4.78, 5) is 12.1. The van der Waals surface area contributed by atoms with Crippen LogP contribution < -0.4 is 0 Å². The van der Waals surface area contributed by atoms with Crippen molar-refractivity contribution < 1.29 is 14.6 Å². The fourth-order valence-electron chi connectivity index (χ4n) is 1.40. The lowest BCUT2D eigenvalue weighted by atomic mass is 9.97. The van der Waals surface area contributed by atoms with E-state index in [0.717, 1.165) is 12.0 Å². The number of esters is 1. The normalized spacial score (nSPS) is 14.9. The predicted octanol–water partition coefficient (Wildman–Crippen LogP) is 3.77. The summed E-state index contributed by atoms with van der Waals surface area (Å²) in [5.41, 5.74) is 0.156. The first-order valence-corrected chi connectivity index (χ1v) is 6.99. The summed E-state index contributed by atoms with van der Waals surface area (Å²) in [5.74, 6) is -0.0168. The van der Waals surface area contributed by atoms with Crippen molar-refractivity contribution in [2.45, 2.75) is 43.1 Å². The van der Waals surface area contributed by atoms with Crippen molar-refractivity contribution in [1.82, 2.24) is 0 Å². The van der Waals surface area contributed by atoms with Gasteiger partial charge in [-0.3, -0.25) is 4.79 Å². The standard InChI is InChI=1S/C14H19IO3/c1-5-14(4,15)12(17)18-13(2,3)10-6-8-11(16)9-7-10/h6-9,16H,5H2,1-4H3. The second kappa shape index (κ2) is 5.47. The quantitative estimate of drug-likeness (QED) is 0.504. The number of carbonyl (C=O) groups is 1. The summed E-state index contributed by atoms with van der Waals surface area (Å²) in [6, 6.07) is 6.71. The molecule has 0 aromatic heterocycles. The molecule has 1 unspecified atom stereocenters. The number of carbonyl (C=O) groups excluding carboxylic acids is 1. The Bertz CT molecular complexity index is 421. The molecule has 0 amide bonds. The molecule has 0 aliphatic heterocycles. The molecule has 4 heteroatoms. The second-order valence-corrected chi connectivity index (χ2v) is 7.38. The molecule has 0 aliphatic carbocycles. The van der Waals surface area contributed by atoms with Crippen molar-refractivity contribution in [3.05, 3.63) is 29.8 Å². The molecular weight excluding hydrogens is 343 g/mol. The molecular formula is C14H19IO3. The number of halogens is 1. The zero-order chi connectivity index (χ0) is 14.0. The molecule has 0 radical (unpaired) electrons. The maximum Gasteiger partial charge on any atom is 0.322 e. The van der Waals surface area contributed by atoms with Crippen LogP contribution in [0, 0.1) is 0 Å². The Morgan fingerprint density at radius 2 is 1.78 bits per heavy atom. The monoisotopic (exact) mass is 362 g/mol. The topological polar surface area (TPSA) is 46.5 Å². The number of alkyl halides is 1. The highest BCUT2D eigenvalue weighted by Crippen LogP contribution is 2.31. The summed E-state index contributed by atoms with van der Waals surface area (Å²) >= 11 is 2.12. The highest BCUT2D eigenvalue weighted by Gasteiger charge is 2.35. The average molecular weight is 362 g/mol. The van der Waals surface area contributed by atoms with E-state index in [-0.39, 0.29) is 11.7 Å². The summed E-state index contributed by atoms with van der Waals surface area (Å²) < 4.78 is 5.08. The Hall–Kier alpha value is -0.780. The number of rotatable bonds is 4. The Kier molecular flexibility index (Phi) is 4.64. The van der Waals surface area contributed by atoms with Crippen LogP contribution in [0.5, 0.6) is 5.75 Å². The van der Waals surface area contributed by atoms with E-state index in [4.69, 9.17) is 4.74 Å². The average Bonchev–Trinajstić information content (AvgIpc) is 2.29. The number of ether oxygens (including phenoxy) is 1. The van der Waals surface area contributed by atoms with Crippen LogP contribution >= 0.6 is 22.6 Å². The molecule has 0 saturated carbocycles. The van der Waals surface area contributed by atoms with Gasteiger partial charge in [-0.2, -0.15) is 0 Å². The van der Waals surface area contributed by atoms with Crippen molar-refractivity contribution in [2.24, 2.45) is 0 Å². The van der Waals surface area contributed by atoms with Crippen molar-refractivity contribution in [2.75, 3.05) is 0 Å². The SMILES string of the molecule is CCC(C)(I)C(=O)OC(C)(C)c1ccc(O)cc1. The molecule has 3 nitrogen and oxygen atoms in total. The Morgan fingerprint density at radius 3 is 2.22 bits per heavy atom. The van der Waals surface area contributed by atoms with E-state index in [2.05, 4.69) is 22.6 Å². The summed E-state index contributed by atoms with van der Waals surface area (Å²) in [5, 5.41) is 9.26. The fraction of sp³-hybridized carbons (Fsp3) is 0.500. The molecule has 1 N–H and O–H groups in total. The van der Waals surface area contributed by atoms with Gasteiger partial charge in [0.25, 0.3) is 0 Å². The van der Waals surface area contributed by atoms with Crippen LogP contribution in [0.2, 0.25) is 0 Å². The summed E-state index contributed by atoms with van der Waals surface area (Å²) in [6.07, 6.45) is 0.720. The van der Waals surface area contributed by atoms with Gasteiger partial charge in [-0.25, -0.2) is 0 Å². The molecule has 0 saturated heterocycles. The number of phenols is 1. The van der Waals surface area contributed by atoms with Gasteiger partial charge in [0, 0.05) is 0 Å². The van der Waals surface area contributed by atoms with Crippen molar-refractivity contribution in [3.63, 3.8) is 0 Å². The van der Waals surface area contributed by atoms with E-state index in [9.17, 15) is 9.90 Å². The number of phenolic OH excluding ortho intramolecular Hbond substituents is 1. The number of benzene rings is 1. The molecule has 1 aromatic rings. The minimum atomic E-state index is -0.702. The predicted molar refractivity (Wildman–Crippen MR) is 79.9 cm³/mol.